The zero-order chi connectivity index (χ0) is 23.3. The molecule has 1 spiro atoms. The molecule has 6 atom stereocenters. The summed E-state index contributed by atoms with van der Waals surface area (Å²) in [5, 5.41) is 10.2. The van der Waals surface area contributed by atoms with Crippen LogP contribution < -0.4 is 0 Å². The smallest absolute Gasteiger partial charge is 0.311 e. The first-order valence-electron chi connectivity index (χ1n) is 11.4. The van der Waals surface area contributed by atoms with Crippen molar-refractivity contribution in [3.05, 3.63) is 60.2 Å². The molecule has 4 aliphatic rings. The van der Waals surface area contributed by atoms with E-state index < -0.39 is 34.6 Å². The molecule has 1 aromatic rings. The highest BCUT2D eigenvalue weighted by molar-refractivity contribution is 8.02. The van der Waals surface area contributed by atoms with Crippen molar-refractivity contribution in [2.75, 3.05) is 19.8 Å². The third kappa shape index (κ3) is 3.26. The molecule has 2 saturated heterocycles. The summed E-state index contributed by atoms with van der Waals surface area (Å²) in [7, 11) is 0. The highest BCUT2D eigenvalue weighted by Crippen LogP contribution is 2.62. The van der Waals surface area contributed by atoms with E-state index in [0.717, 1.165) is 5.56 Å². The van der Waals surface area contributed by atoms with Crippen molar-refractivity contribution >= 4 is 29.5 Å². The number of ether oxygens (including phenoxy) is 1. The number of cyclic esters (lactones) is 1. The standard InChI is InChI=1S/C25H28N2O5S/c1-15(2)26-12-7-11-25-20(19-18(33-25)10-6-13-32-24(19)31)22(29)27(21(25)23(26)30)17(14-28)16-8-4-3-5-9-16/h3-11,15,17-21,28H,12-14H2,1-2H3/t17-,18+,19-,20+,21?,25+/m1/s1. The lowest BCUT2D eigenvalue weighted by Gasteiger charge is -2.39. The van der Waals surface area contributed by atoms with Gasteiger partial charge in [-0.3, -0.25) is 14.4 Å². The number of carbonyl (C=O) groups excluding carboxylic acids is 3. The summed E-state index contributed by atoms with van der Waals surface area (Å²) in [5.74, 6) is -2.25. The van der Waals surface area contributed by atoms with Gasteiger partial charge in [0.1, 0.15) is 12.6 Å². The second kappa shape index (κ2) is 8.33. The van der Waals surface area contributed by atoms with Gasteiger partial charge in [-0.15, -0.1) is 11.8 Å². The van der Waals surface area contributed by atoms with Crippen LogP contribution in [-0.4, -0.2) is 74.5 Å². The summed E-state index contributed by atoms with van der Waals surface area (Å²) in [4.78, 5) is 44.5. The number of carbonyl (C=O) groups is 3. The predicted octanol–water partition coefficient (Wildman–Crippen LogP) is 1.94. The van der Waals surface area contributed by atoms with Crippen LogP contribution in [0.15, 0.2) is 54.6 Å². The molecule has 0 aliphatic carbocycles. The molecule has 0 aromatic heterocycles. The lowest BCUT2D eigenvalue weighted by molar-refractivity contribution is -0.152. The molecule has 8 heteroatoms. The third-order valence-corrected chi connectivity index (χ3v) is 8.94. The van der Waals surface area contributed by atoms with Gasteiger partial charge in [0.2, 0.25) is 11.8 Å². The fraction of sp³-hybridized carbons (Fsp3) is 0.480. The number of aliphatic hydroxyl groups is 1. The van der Waals surface area contributed by atoms with Gasteiger partial charge >= 0.3 is 5.97 Å². The molecule has 0 saturated carbocycles. The van der Waals surface area contributed by atoms with Gasteiger partial charge in [0, 0.05) is 17.8 Å². The summed E-state index contributed by atoms with van der Waals surface area (Å²) in [6, 6.07) is 7.70. The van der Waals surface area contributed by atoms with E-state index in [1.807, 2.05) is 68.5 Å². The first-order valence-corrected chi connectivity index (χ1v) is 12.3. The van der Waals surface area contributed by atoms with Gasteiger partial charge in [0.05, 0.1) is 29.2 Å². The molecular weight excluding hydrogens is 440 g/mol. The average molecular weight is 469 g/mol. The van der Waals surface area contributed by atoms with Crippen LogP contribution in [0.4, 0.5) is 0 Å². The monoisotopic (exact) mass is 468 g/mol. The SMILES string of the molecule is CC(C)N1CC=C[C@]23S[C@H]4C=CCOC(=O)[C@H]4[C@H]2C(=O)N([C@H](CO)c2ccccc2)C3C1=O. The van der Waals surface area contributed by atoms with E-state index in [4.69, 9.17) is 4.74 Å². The quantitative estimate of drug-likeness (QED) is 0.537. The minimum Gasteiger partial charge on any atom is -0.461 e. The van der Waals surface area contributed by atoms with Crippen LogP contribution in [-0.2, 0) is 19.1 Å². The predicted molar refractivity (Wildman–Crippen MR) is 124 cm³/mol. The third-order valence-electron chi connectivity index (χ3n) is 7.20. The molecular formula is C25H28N2O5S. The van der Waals surface area contributed by atoms with Crippen molar-refractivity contribution in [3.8, 4) is 0 Å². The molecule has 0 bridgehead atoms. The first kappa shape index (κ1) is 22.2. The lowest BCUT2D eigenvalue weighted by Crippen LogP contribution is -2.55. The van der Waals surface area contributed by atoms with E-state index in [1.165, 1.54) is 11.8 Å². The Labute approximate surface area is 197 Å². The number of likely N-dealkylation sites (tertiary alicyclic amines) is 1. The molecule has 4 aliphatic heterocycles. The maximum atomic E-state index is 14.1. The zero-order valence-electron chi connectivity index (χ0n) is 18.7. The van der Waals surface area contributed by atoms with Crippen LogP contribution in [0.1, 0.15) is 25.5 Å². The summed E-state index contributed by atoms with van der Waals surface area (Å²) >= 11 is 1.51. The van der Waals surface area contributed by atoms with Crippen LogP contribution >= 0.6 is 11.8 Å². The Hall–Kier alpha value is -2.58. The van der Waals surface area contributed by atoms with Crippen LogP contribution in [0, 0.1) is 11.8 Å². The molecule has 0 radical (unpaired) electrons. The molecule has 1 aromatic carbocycles. The summed E-state index contributed by atoms with van der Waals surface area (Å²) < 4.78 is 4.49. The van der Waals surface area contributed by atoms with Gasteiger partial charge in [-0.2, -0.15) is 0 Å². The molecule has 5 rings (SSSR count). The van der Waals surface area contributed by atoms with Crippen molar-refractivity contribution in [1.82, 2.24) is 9.80 Å². The normalized spacial score (nSPS) is 34.0. The Morgan fingerprint density at radius 2 is 1.91 bits per heavy atom. The number of esters is 1. The average Bonchev–Trinajstić information content (AvgIpc) is 3.09. The van der Waals surface area contributed by atoms with Crippen LogP contribution in [0.2, 0.25) is 0 Å². The van der Waals surface area contributed by atoms with Crippen LogP contribution in [0.3, 0.4) is 0 Å². The highest BCUT2D eigenvalue weighted by Gasteiger charge is 2.72. The van der Waals surface area contributed by atoms with Crippen LogP contribution in [0.25, 0.3) is 0 Å². The van der Waals surface area contributed by atoms with E-state index in [9.17, 15) is 19.5 Å². The number of fused-ring (bicyclic) bond motifs is 2. The number of aliphatic hydroxyl groups excluding tert-OH is 1. The van der Waals surface area contributed by atoms with Gasteiger partial charge in [-0.05, 0) is 19.4 Å². The maximum Gasteiger partial charge on any atom is 0.311 e. The fourth-order valence-corrected chi connectivity index (χ4v) is 7.74. The Bertz CT molecular complexity index is 1020. The van der Waals surface area contributed by atoms with E-state index >= 15 is 0 Å². The topological polar surface area (TPSA) is 87.2 Å². The molecule has 4 heterocycles. The number of hydrogen-bond donors (Lipinski definition) is 1. The van der Waals surface area contributed by atoms with Crippen LogP contribution in [0.5, 0.6) is 0 Å². The van der Waals surface area contributed by atoms with Crippen molar-refractivity contribution in [2.45, 2.75) is 42.0 Å². The minimum atomic E-state index is -0.907. The first-order chi connectivity index (χ1) is 15.9. The number of amides is 2. The van der Waals surface area contributed by atoms with Crippen molar-refractivity contribution in [3.63, 3.8) is 0 Å². The fourth-order valence-electron chi connectivity index (χ4n) is 5.76. The van der Waals surface area contributed by atoms with E-state index in [-0.39, 0.29) is 36.3 Å². The minimum absolute atomic E-state index is 0.0562. The summed E-state index contributed by atoms with van der Waals surface area (Å²) in [5.41, 5.74) is 0.755. The molecule has 33 heavy (non-hydrogen) atoms. The number of thioether (sulfide) groups is 1. The molecule has 1 unspecified atom stereocenters. The number of nitrogens with zero attached hydrogens (tertiary/aromatic N) is 2. The molecule has 2 fully saturated rings. The van der Waals surface area contributed by atoms with E-state index in [1.54, 1.807) is 9.80 Å². The van der Waals surface area contributed by atoms with E-state index in [2.05, 4.69) is 0 Å². The zero-order valence-corrected chi connectivity index (χ0v) is 19.5. The Balaban J connectivity index is 1.68. The van der Waals surface area contributed by atoms with Gasteiger partial charge in [-0.1, -0.05) is 54.6 Å². The van der Waals surface area contributed by atoms with Crippen molar-refractivity contribution < 1.29 is 24.2 Å². The Morgan fingerprint density at radius 3 is 2.61 bits per heavy atom. The molecule has 2 amide bonds. The molecule has 7 nitrogen and oxygen atoms in total. The number of rotatable bonds is 4. The van der Waals surface area contributed by atoms with Gasteiger partial charge in [-0.25, -0.2) is 0 Å². The largest absolute Gasteiger partial charge is 0.461 e. The number of hydrogen-bond acceptors (Lipinski definition) is 6. The van der Waals surface area contributed by atoms with Crippen molar-refractivity contribution in [1.29, 1.82) is 0 Å². The molecule has 1 N–H and O–H groups in total. The van der Waals surface area contributed by atoms with E-state index in [0.29, 0.717) is 6.54 Å². The summed E-state index contributed by atoms with van der Waals surface area (Å²) in [6.07, 6.45) is 7.67. The van der Waals surface area contributed by atoms with Gasteiger partial charge < -0.3 is 19.6 Å². The lowest BCUT2D eigenvalue weighted by atomic mass is 9.78. The second-order valence-electron chi connectivity index (χ2n) is 9.24. The second-order valence-corrected chi connectivity index (χ2v) is 10.7. The van der Waals surface area contributed by atoms with Gasteiger partial charge in [0.15, 0.2) is 0 Å². The van der Waals surface area contributed by atoms with Gasteiger partial charge in [0.25, 0.3) is 0 Å². The number of benzene rings is 1. The maximum absolute atomic E-state index is 14.1. The molecule has 174 valence electrons. The highest BCUT2D eigenvalue weighted by atomic mass is 32.2. The Kier molecular flexibility index (Phi) is 5.61. The van der Waals surface area contributed by atoms with Crippen molar-refractivity contribution in [2.24, 2.45) is 11.8 Å². The Morgan fingerprint density at radius 1 is 1.15 bits per heavy atom. The summed E-state index contributed by atoms with van der Waals surface area (Å²) in [6.45, 7) is 4.21.